The van der Waals surface area contributed by atoms with Gasteiger partial charge in [-0.05, 0) is 12.1 Å². The molecule has 0 atom stereocenters. The Kier molecular flexibility index (Phi) is 7.42. The summed E-state index contributed by atoms with van der Waals surface area (Å²) < 4.78 is 1.13. The maximum absolute atomic E-state index is 3.31. The maximum Gasteiger partial charge on any atom is 0.0175 e. The summed E-state index contributed by atoms with van der Waals surface area (Å²) in [5, 5.41) is 1.06. The number of hydrogen-bond donors (Lipinski definition) is 0. The first-order valence-electron chi connectivity index (χ1n) is 3.07. The van der Waals surface area contributed by atoms with Crippen LogP contribution in [0.3, 0.4) is 0 Å². The number of benzene rings is 1. The quantitative estimate of drug-likeness (QED) is 0.625. The van der Waals surface area contributed by atoms with Crippen molar-refractivity contribution in [2.45, 2.75) is 6.92 Å². The van der Waals surface area contributed by atoms with Crippen molar-refractivity contribution in [1.29, 1.82) is 0 Å². The van der Waals surface area contributed by atoms with Crippen LogP contribution >= 0.6 is 31.9 Å². The average Bonchev–Trinajstić information content (AvgIpc) is 1.91. The van der Waals surface area contributed by atoms with E-state index in [1.165, 1.54) is 0 Å². The van der Waals surface area contributed by atoms with E-state index in [0.717, 1.165) is 9.80 Å². The molecule has 0 N–H and O–H groups in total. The van der Waals surface area contributed by atoms with Crippen molar-refractivity contribution in [3.8, 4) is 0 Å². The second-order valence-corrected chi connectivity index (χ2v) is 3.60. The molecule has 1 aromatic carbocycles. The van der Waals surface area contributed by atoms with Crippen LogP contribution in [0.1, 0.15) is 6.92 Å². The zero-order chi connectivity index (χ0) is 7.82. The second-order valence-electron chi connectivity index (χ2n) is 1.56. The molecule has 0 aliphatic carbocycles. The zero-order valence-corrected chi connectivity index (χ0v) is 9.02. The molecule has 56 valence electrons. The van der Waals surface area contributed by atoms with Gasteiger partial charge in [0.25, 0.3) is 0 Å². The Morgan fingerprint density at radius 1 is 1.20 bits per heavy atom. The minimum Gasteiger partial charge on any atom is -0.0931 e. The summed E-state index contributed by atoms with van der Waals surface area (Å²) >= 11 is 6.46. The minimum atomic E-state index is 1.06. The highest BCUT2D eigenvalue weighted by atomic mass is 79.9. The highest BCUT2D eigenvalue weighted by molar-refractivity contribution is 9.10. The van der Waals surface area contributed by atoms with E-state index in [1.54, 1.807) is 0 Å². The van der Waals surface area contributed by atoms with Gasteiger partial charge in [0, 0.05) is 9.80 Å². The molecular weight excluding hydrogens is 256 g/mol. The lowest BCUT2D eigenvalue weighted by Crippen LogP contribution is -1.55. The minimum absolute atomic E-state index is 1.06. The Labute approximate surface area is 78.9 Å². The second kappa shape index (κ2) is 7.29. The highest BCUT2D eigenvalue weighted by Crippen LogP contribution is 2.05. The summed E-state index contributed by atoms with van der Waals surface area (Å²) in [7, 11) is 0. The Morgan fingerprint density at radius 3 is 1.80 bits per heavy atom. The van der Waals surface area contributed by atoms with Crippen molar-refractivity contribution in [2.75, 3.05) is 5.33 Å². The Hall–Kier alpha value is 0.180. The average molecular weight is 266 g/mol. The van der Waals surface area contributed by atoms with Crippen LogP contribution in [-0.4, -0.2) is 5.33 Å². The molecule has 0 fully saturated rings. The first-order chi connectivity index (χ1) is 4.81. The maximum atomic E-state index is 3.31. The lowest BCUT2D eigenvalue weighted by molar-refractivity contribution is 1.56. The number of halogens is 2. The molecule has 0 saturated carbocycles. The summed E-state index contributed by atoms with van der Waals surface area (Å²) in [6.45, 7) is 2.04. The molecule has 0 amide bonds. The zero-order valence-electron chi connectivity index (χ0n) is 5.85. The molecule has 0 aliphatic heterocycles. The molecule has 0 aromatic heterocycles. The summed E-state index contributed by atoms with van der Waals surface area (Å²) in [5.74, 6) is 0. The summed E-state index contributed by atoms with van der Waals surface area (Å²) in [6.07, 6.45) is 0. The third kappa shape index (κ3) is 6.30. The fourth-order valence-corrected chi connectivity index (χ4v) is 0.720. The summed E-state index contributed by atoms with van der Waals surface area (Å²) in [4.78, 5) is 0. The van der Waals surface area contributed by atoms with Crippen LogP contribution in [0, 0.1) is 0 Å². The summed E-state index contributed by atoms with van der Waals surface area (Å²) in [5.41, 5.74) is 0. The first kappa shape index (κ1) is 10.2. The summed E-state index contributed by atoms with van der Waals surface area (Å²) in [6, 6.07) is 9.97. The fraction of sp³-hybridized carbons (Fsp3) is 0.250. The molecule has 1 rings (SSSR count). The molecule has 0 spiro atoms. The fourth-order valence-electron chi connectivity index (χ4n) is 0.415. The molecule has 0 nitrogen and oxygen atoms in total. The number of hydrogen-bond acceptors (Lipinski definition) is 0. The molecular formula is C8H10Br2. The van der Waals surface area contributed by atoms with Crippen molar-refractivity contribution in [2.24, 2.45) is 0 Å². The topological polar surface area (TPSA) is 0 Å². The molecule has 2 heteroatoms. The van der Waals surface area contributed by atoms with Gasteiger partial charge in [-0.3, -0.25) is 0 Å². The van der Waals surface area contributed by atoms with Gasteiger partial charge < -0.3 is 0 Å². The third-order valence-corrected chi connectivity index (χ3v) is 1.26. The van der Waals surface area contributed by atoms with E-state index < -0.39 is 0 Å². The van der Waals surface area contributed by atoms with Crippen molar-refractivity contribution in [3.63, 3.8) is 0 Å². The van der Waals surface area contributed by atoms with Crippen molar-refractivity contribution < 1.29 is 0 Å². The first-order valence-corrected chi connectivity index (χ1v) is 4.99. The van der Waals surface area contributed by atoms with E-state index in [1.807, 2.05) is 37.3 Å². The monoisotopic (exact) mass is 264 g/mol. The van der Waals surface area contributed by atoms with Crippen molar-refractivity contribution >= 4 is 31.9 Å². The van der Waals surface area contributed by atoms with Crippen molar-refractivity contribution in [1.82, 2.24) is 0 Å². The smallest absolute Gasteiger partial charge is 0.0175 e. The van der Waals surface area contributed by atoms with Crippen LogP contribution in [0.25, 0.3) is 0 Å². The van der Waals surface area contributed by atoms with Gasteiger partial charge in [0.1, 0.15) is 0 Å². The van der Waals surface area contributed by atoms with Gasteiger partial charge in [-0.2, -0.15) is 0 Å². The lowest BCUT2D eigenvalue weighted by Gasteiger charge is -1.80. The number of rotatable bonds is 0. The van der Waals surface area contributed by atoms with E-state index in [-0.39, 0.29) is 0 Å². The van der Waals surface area contributed by atoms with E-state index in [2.05, 4.69) is 31.9 Å². The van der Waals surface area contributed by atoms with Gasteiger partial charge in [0.05, 0.1) is 0 Å². The van der Waals surface area contributed by atoms with Crippen LogP contribution in [0.5, 0.6) is 0 Å². The number of alkyl halides is 1. The molecule has 0 aliphatic rings. The largest absolute Gasteiger partial charge is 0.0931 e. The van der Waals surface area contributed by atoms with Crippen LogP contribution < -0.4 is 0 Å². The van der Waals surface area contributed by atoms with E-state index >= 15 is 0 Å². The Balaban J connectivity index is 0.000000236. The Bertz CT molecular complexity index is 149. The van der Waals surface area contributed by atoms with Gasteiger partial charge in [-0.25, -0.2) is 0 Å². The van der Waals surface area contributed by atoms with E-state index in [0.29, 0.717) is 0 Å². The van der Waals surface area contributed by atoms with Crippen LogP contribution in [0.2, 0.25) is 0 Å². The van der Waals surface area contributed by atoms with Gasteiger partial charge >= 0.3 is 0 Å². The molecule has 0 unspecified atom stereocenters. The predicted molar refractivity (Wildman–Crippen MR) is 53.6 cm³/mol. The van der Waals surface area contributed by atoms with Gasteiger partial charge in [0.15, 0.2) is 0 Å². The third-order valence-electron chi connectivity index (χ3n) is 0.733. The van der Waals surface area contributed by atoms with Crippen LogP contribution in [0.4, 0.5) is 0 Å². The van der Waals surface area contributed by atoms with E-state index in [4.69, 9.17) is 0 Å². The van der Waals surface area contributed by atoms with Gasteiger partial charge in [-0.1, -0.05) is 57.0 Å². The van der Waals surface area contributed by atoms with Crippen molar-refractivity contribution in [3.05, 3.63) is 34.8 Å². The molecule has 0 bridgehead atoms. The molecule has 10 heavy (non-hydrogen) atoms. The molecule has 0 radical (unpaired) electrons. The normalized spacial score (nSPS) is 7.90. The van der Waals surface area contributed by atoms with Crippen LogP contribution in [0.15, 0.2) is 34.8 Å². The molecule has 1 aromatic rings. The van der Waals surface area contributed by atoms with Crippen LogP contribution in [-0.2, 0) is 0 Å². The highest BCUT2D eigenvalue weighted by Gasteiger charge is 1.74. The van der Waals surface area contributed by atoms with Gasteiger partial charge in [0.2, 0.25) is 0 Å². The van der Waals surface area contributed by atoms with E-state index in [9.17, 15) is 0 Å². The molecule has 0 heterocycles. The standard InChI is InChI=1S/C6H5Br.C2H5Br/c7-6-4-2-1-3-5-6;1-2-3/h1-5H;2H2,1H3. The SMILES string of the molecule is Brc1ccccc1.CCBr. The predicted octanol–water partition coefficient (Wildman–Crippen LogP) is 3.85. The molecule has 0 saturated heterocycles. The Morgan fingerprint density at radius 2 is 1.60 bits per heavy atom. The lowest BCUT2D eigenvalue weighted by atomic mass is 10.4. The van der Waals surface area contributed by atoms with Gasteiger partial charge in [-0.15, -0.1) is 0 Å².